The molecule has 10 heteroatoms. The molecule has 0 bridgehead atoms. The summed E-state index contributed by atoms with van der Waals surface area (Å²) in [5.74, 6) is 7.71. The molecule has 0 radical (unpaired) electrons. The molecule has 0 amide bonds. The van der Waals surface area contributed by atoms with E-state index in [0.29, 0.717) is 35.7 Å². The highest BCUT2D eigenvalue weighted by Gasteiger charge is 2.19. The molecule has 0 aliphatic heterocycles. The van der Waals surface area contributed by atoms with E-state index in [1.54, 1.807) is 41.6 Å². The van der Waals surface area contributed by atoms with Gasteiger partial charge in [-0.1, -0.05) is 23.4 Å². The number of aromatic nitrogens is 6. The number of hydrogen-bond acceptors (Lipinski definition) is 8. The summed E-state index contributed by atoms with van der Waals surface area (Å²) in [6, 6.07) is 7.23. The second kappa shape index (κ2) is 10.8. The fraction of sp³-hybridized carbons (Fsp3) is 0.240. The van der Waals surface area contributed by atoms with Crippen LogP contribution in [0.1, 0.15) is 30.2 Å². The maximum absolute atomic E-state index is 6.14. The van der Waals surface area contributed by atoms with Crippen LogP contribution in [0.2, 0.25) is 5.15 Å². The predicted molar refractivity (Wildman–Crippen MR) is 136 cm³/mol. The number of nitrogens with zero attached hydrogens (tertiary/aromatic N) is 6. The van der Waals surface area contributed by atoms with E-state index in [9.17, 15) is 0 Å². The van der Waals surface area contributed by atoms with Crippen molar-refractivity contribution in [3.05, 3.63) is 71.0 Å². The molecule has 0 unspecified atom stereocenters. The number of ether oxygens (including phenoxy) is 1. The van der Waals surface area contributed by atoms with Crippen molar-refractivity contribution in [3.63, 3.8) is 0 Å². The van der Waals surface area contributed by atoms with Crippen LogP contribution in [0.3, 0.4) is 0 Å². The summed E-state index contributed by atoms with van der Waals surface area (Å²) in [4.78, 5) is 16.9. The number of rotatable bonds is 7. The van der Waals surface area contributed by atoms with Gasteiger partial charge in [0.15, 0.2) is 5.82 Å². The monoisotopic (exact) mass is 488 g/mol. The number of nitrogens with one attached hydrogen (secondary N) is 1. The van der Waals surface area contributed by atoms with Crippen molar-refractivity contribution in [3.8, 4) is 29.1 Å². The Morgan fingerprint density at radius 1 is 1.20 bits per heavy atom. The van der Waals surface area contributed by atoms with Crippen molar-refractivity contribution in [2.45, 2.75) is 26.3 Å². The highest BCUT2D eigenvalue weighted by Crippen LogP contribution is 2.31. The molecule has 0 saturated carbocycles. The van der Waals surface area contributed by atoms with Crippen LogP contribution in [0.25, 0.3) is 11.4 Å². The summed E-state index contributed by atoms with van der Waals surface area (Å²) in [7, 11) is 1.83. The average Bonchev–Trinajstić information content (AvgIpc) is 3.12. The van der Waals surface area contributed by atoms with Gasteiger partial charge >= 0.3 is 0 Å². The van der Waals surface area contributed by atoms with Crippen molar-refractivity contribution in [1.82, 2.24) is 29.7 Å². The lowest BCUT2D eigenvalue weighted by molar-refractivity contribution is 0.280. The smallest absolute Gasteiger partial charge is 0.223 e. The van der Waals surface area contributed by atoms with Gasteiger partial charge in [0.25, 0.3) is 0 Å². The summed E-state index contributed by atoms with van der Waals surface area (Å²) in [5, 5.41) is 8.31. The zero-order valence-corrected chi connectivity index (χ0v) is 20.4. The number of pyridine rings is 2. The predicted octanol–water partition coefficient (Wildman–Crippen LogP) is 3.88. The molecular formula is C25H25ClN8O. The van der Waals surface area contributed by atoms with Crippen molar-refractivity contribution in [1.29, 1.82) is 0 Å². The normalized spacial score (nSPS) is 11.4. The number of anilines is 2. The van der Waals surface area contributed by atoms with E-state index < -0.39 is 0 Å². The third kappa shape index (κ3) is 6.05. The molecule has 4 rings (SSSR count). The molecule has 0 aromatic carbocycles. The number of halogens is 1. The van der Waals surface area contributed by atoms with E-state index in [2.05, 4.69) is 49.1 Å². The molecule has 1 atom stereocenters. The lowest BCUT2D eigenvalue weighted by Gasteiger charge is -2.17. The fourth-order valence-corrected chi connectivity index (χ4v) is 3.61. The molecule has 0 fully saturated rings. The van der Waals surface area contributed by atoms with Crippen molar-refractivity contribution in [2.24, 2.45) is 7.05 Å². The molecule has 178 valence electrons. The van der Waals surface area contributed by atoms with Crippen molar-refractivity contribution >= 4 is 23.1 Å². The molecule has 4 heterocycles. The minimum Gasteiger partial charge on any atom is -0.477 e. The van der Waals surface area contributed by atoms with Crippen LogP contribution in [0.5, 0.6) is 5.88 Å². The van der Waals surface area contributed by atoms with Gasteiger partial charge in [-0.15, -0.1) is 0 Å². The van der Waals surface area contributed by atoms with Crippen LogP contribution < -0.4 is 15.8 Å². The SMILES string of the molecule is Cc1nn(C)c(OCC[C@H](C)Nc2cc(Cl)ncc2C#Cc2cccnc2)c1-c1nccc(N)n1. The first-order valence-corrected chi connectivity index (χ1v) is 11.4. The summed E-state index contributed by atoms with van der Waals surface area (Å²) in [5.41, 5.74) is 9.71. The van der Waals surface area contributed by atoms with E-state index in [0.717, 1.165) is 28.1 Å². The number of aryl methyl sites for hydroxylation is 2. The summed E-state index contributed by atoms with van der Waals surface area (Å²) < 4.78 is 7.80. The molecule has 0 spiro atoms. The van der Waals surface area contributed by atoms with Crippen LogP contribution in [0, 0.1) is 18.8 Å². The topological polar surface area (TPSA) is 117 Å². The van der Waals surface area contributed by atoms with E-state index in [1.165, 1.54) is 0 Å². The highest BCUT2D eigenvalue weighted by atomic mass is 35.5. The largest absolute Gasteiger partial charge is 0.477 e. The quantitative estimate of drug-likeness (QED) is 0.297. The lowest BCUT2D eigenvalue weighted by Crippen LogP contribution is -2.19. The zero-order valence-electron chi connectivity index (χ0n) is 19.7. The molecule has 0 saturated heterocycles. The maximum Gasteiger partial charge on any atom is 0.223 e. The third-order valence-corrected chi connectivity index (χ3v) is 5.34. The summed E-state index contributed by atoms with van der Waals surface area (Å²) in [6.07, 6.45) is 7.41. The van der Waals surface area contributed by atoms with Gasteiger partial charge in [-0.25, -0.2) is 19.6 Å². The molecule has 4 aromatic rings. The standard InChI is InChI=1S/C25H25ClN8O/c1-16(31-20-13-21(26)30-15-19(20)7-6-18-5-4-10-28-14-18)9-12-35-25-23(17(2)33-34(25)3)24-29-11-8-22(27)32-24/h4-5,8,10-11,13-16H,9,12H2,1-3H3,(H,30,31)(H2,27,29,32)/t16-/m0/s1. The Bertz CT molecular complexity index is 1380. The Morgan fingerprint density at radius 3 is 2.83 bits per heavy atom. The summed E-state index contributed by atoms with van der Waals surface area (Å²) in [6.45, 7) is 4.39. The van der Waals surface area contributed by atoms with Crippen LogP contribution in [-0.4, -0.2) is 42.4 Å². The number of nitrogen functional groups attached to an aromatic ring is 1. The van der Waals surface area contributed by atoms with E-state index in [4.69, 9.17) is 22.1 Å². The molecule has 0 aliphatic rings. The van der Waals surface area contributed by atoms with Crippen LogP contribution in [0.15, 0.2) is 49.1 Å². The Balaban J connectivity index is 1.44. The maximum atomic E-state index is 6.14. The number of nitrogens with two attached hydrogens (primary N) is 1. The summed E-state index contributed by atoms with van der Waals surface area (Å²) >= 11 is 6.14. The van der Waals surface area contributed by atoms with Gasteiger partial charge in [-0.3, -0.25) is 4.98 Å². The first-order chi connectivity index (χ1) is 16.9. The molecule has 0 aliphatic carbocycles. The highest BCUT2D eigenvalue weighted by molar-refractivity contribution is 6.29. The van der Waals surface area contributed by atoms with Gasteiger partial charge in [0.2, 0.25) is 5.88 Å². The van der Waals surface area contributed by atoms with Crippen LogP contribution in [-0.2, 0) is 7.05 Å². The zero-order chi connectivity index (χ0) is 24.8. The minimum absolute atomic E-state index is 0.0637. The van der Waals surface area contributed by atoms with Gasteiger partial charge in [-0.05, 0) is 38.1 Å². The van der Waals surface area contributed by atoms with Crippen molar-refractivity contribution in [2.75, 3.05) is 17.7 Å². The second-order valence-electron chi connectivity index (χ2n) is 7.92. The second-order valence-corrected chi connectivity index (χ2v) is 8.31. The van der Waals surface area contributed by atoms with Gasteiger partial charge in [-0.2, -0.15) is 5.10 Å². The molecule has 35 heavy (non-hydrogen) atoms. The first-order valence-electron chi connectivity index (χ1n) is 11.0. The van der Waals surface area contributed by atoms with Crippen LogP contribution in [0.4, 0.5) is 11.5 Å². The Kier molecular flexibility index (Phi) is 7.43. The van der Waals surface area contributed by atoms with Gasteiger partial charge in [0, 0.05) is 49.9 Å². The molecule has 4 aromatic heterocycles. The Morgan fingerprint density at radius 2 is 2.06 bits per heavy atom. The van der Waals surface area contributed by atoms with E-state index >= 15 is 0 Å². The van der Waals surface area contributed by atoms with Gasteiger partial charge < -0.3 is 15.8 Å². The Hall–Kier alpha value is -4.16. The first kappa shape index (κ1) is 24.0. The fourth-order valence-electron chi connectivity index (χ4n) is 3.45. The van der Waals surface area contributed by atoms with Gasteiger partial charge in [0.05, 0.1) is 23.6 Å². The van der Waals surface area contributed by atoms with E-state index in [1.807, 2.05) is 26.1 Å². The molecular weight excluding hydrogens is 464 g/mol. The average molecular weight is 489 g/mol. The third-order valence-electron chi connectivity index (χ3n) is 5.14. The van der Waals surface area contributed by atoms with Crippen LogP contribution >= 0.6 is 11.6 Å². The van der Waals surface area contributed by atoms with E-state index in [-0.39, 0.29) is 6.04 Å². The molecule has 9 nitrogen and oxygen atoms in total. The number of hydrogen-bond donors (Lipinski definition) is 2. The molecule has 3 N–H and O–H groups in total. The Labute approximate surface area is 208 Å². The minimum atomic E-state index is 0.0637. The van der Waals surface area contributed by atoms with Crippen molar-refractivity contribution < 1.29 is 4.74 Å². The lowest BCUT2D eigenvalue weighted by atomic mass is 10.1. The van der Waals surface area contributed by atoms with Gasteiger partial charge in [0.1, 0.15) is 16.5 Å².